The van der Waals surface area contributed by atoms with Crippen molar-refractivity contribution >= 4 is 35.8 Å². The number of carboxylic acids is 6. The van der Waals surface area contributed by atoms with E-state index in [0.29, 0.717) is 0 Å². The second-order valence-corrected chi connectivity index (χ2v) is 4.70. The molecule has 0 aromatic rings. The number of aliphatic hydroxyl groups excluding tert-OH is 6. The molecule has 0 aromatic heterocycles. The molecule has 0 bridgehead atoms. The van der Waals surface area contributed by atoms with Crippen molar-refractivity contribution in [3.8, 4) is 0 Å². The number of rotatable bonds is 9. The first kappa shape index (κ1) is 54.8. The number of aliphatic carboxylic acids is 6. The van der Waals surface area contributed by atoms with Gasteiger partial charge in [-0.3, -0.25) is 0 Å². The van der Waals surface area contributed by atoms with Crippen LogP contribution in [0, 0.1) is 75.5 Å². The zero-order chi connectivity index (χ0) is 24.9. The molecule has 0 heterocycles. The van der Waals surface area contributed by atoms with Crippen LogP contribution in [0.3, 0.4) is 0 Å². The third-order valence-corrected chi connectivity index (χ3v) is 2.42. The van der Waals surface area contributed by atoms with Crippen LogP contribution in [0.4, 0.5) is 0 Å². The average molecular weight is 834 g/mol. The molecule has 0 amide bonds. The van der Waals surface area contributed by atoms with Gasteiger partial charge in [0.2, 0.25) is 0 Å². The molecule has 0 saturated heterocycles. The Bertz CT molecular complexity index is 500. The van der Waals surface area contributed by atoms with Crippen molar-refractivity contribution in [1.82, 2.24) is 0 Å². The minimum atomic E-state index is -2.27. The maximum absolute atomic E-state index is 9.77. The van der Waals surface area contributed by atoms with Gasteiger partial charge < -0.3 is 77.7 Å². The number of aliphatic hydroxyl groups is 6. The van der Waals surface area contributed by atoms with E-state index in [2.05, 4.69) is 0 Å². The van der Waals surface area contributed by atoms with Crippen LogP contribution in [0.25, 0.3) is 0 Å². The minimum Gasteiger partial charge on any atom is -0.479 e. The van der Waals surface area contributed by atoms with Gasteiger partial charge in [-0.15, -0.1) is 0 Å². The van der Waals surface area contributed by atoms with Gasteiger partial charge in [0.25, 0.3) is 0 Å². The predicted molar refractivity (Wildman–Crippen MR) is 92.7 cm³/mol. The van der Waals surface area contributed by atoms with Gasteiger partial charge >= 0.3 is 35.8 Å². The van der Waals surface area contributed by atoms with Crippen molar-refractivity contribution in [2.75, 3.05) is 0 Å². The Balaban J connectivity index is -0.0000000486. The summed E-state index contributed by atoms with van der Waals surface area (Å²) in [5, 5.41) is 97.6. The Hall–Kier alpha value is -1.02. The fourth-order valence-corrected chi connectivity index (χ4v) is 0.810. The molecule has 0 rings (SSSR count). The van der Waals surface area contributed by atoms with E-state index < -0.39 is 72.4 Å². The molecule has 0 aliphatic carbocycles. The van der Waals surface area contributed by atoms with E-state index in [1.807, 2.05) is 0 Å². The summed E-state index contributed by atoms with van der Waals surface area (Å²) in [5.41, 5.74) is 0. The standard InChI is InChI=1S/3C4H6O6.2Ho.3H2O/c3*5-1(3(7)8)2(6)4(9)10;;;;;/h3*1-2,5-6H,(H,7,8)(H,9,10);;;3*1H2. The zero-order valence-electron chi connectivity index (χ0n) is 16.4. The Morgan fingerprint density at radius 1 is 0.314 bits per heavy atom. The SMILES string of the molecule is O.O.O.O=C(O)C(O)C(O)C(=O)O.O=C(O)C(O)C(O)C(=O)O.O=C(O)C(O)C(O)C(=O)O.[Ho].[Ho]. The van der Waals surface area contributed by atoms with E-state index in [4.69, 9.17) is 61.3 Å². The Morgan fingerprint density at radius 3 is 0.400 bits per heavy atom. The summed E-state index contributed by atoms with van der Waals surface area (Å²) >= 11 is 0. The van der Waals surface area contributed by atoms with Gasteiger partial charge in [0.05, 0.1) is 0 Å². The summed E-state index contributed by atoms with van der Waals surface area (Å²) in [6.45, 7) is 0. The topological polar surface area (TPSA) is 440 Å². The molecule has 0 spiro atoms. The van der Waals surface area contributed by atoms with Crippen LogP contribution in [-0.4, -0.2) is 150 Å². The number of carbonyl (C=O) groups is 6. The molecule has 0 saturated carbocycles. The van der Waals surface area contributed by atoms with Crippen LogP contribution in [0.15, 0.2) is 0 Å². The maximum atomic E-state index is 9.77. The quantitative estimate of drug-likeness (QED) is 0.0960. The molecule has 2 radical (unpaired) electrons. The second-order valence-electron chi connectivity index (χ2n) is 4.70. The van der Waals surface area contributed by atoms with Crippen molar-refractivity contribution < 1.29 is 182 Å². The van der Waals surface area contributed by atoms with Crippen LogP contribution in [0.5, 0.6) is 0 Å². The molecule has 0 aliphatic heterocycles. The van der Waals surface area contributed by atoms with E-state index in [1.165, 1.54) is 0 Å². The van der Waals surface area contributed by atoms with Crippen molar-refractivity contribution in [3.05, 3.63) is 0 Å². The molecule has 23 heteroatoms. The van der Waals surface area contributed by atoms with Crippen molar-refractivity contribution in [1.29, 1.82) is 0 Å². The predicted octanol–water partition coefficient (Wildman–Crippen LogP) is -8.84. The van der Waals surface area contributed by atoms with Gasteiger partial charge in [-0.25, -0.2) is 28.8 Å². The molecule has 21 nitrogen and oxygen atoms in total. The summed E-state index contributed by atoms with van der Waals surface area (Å²) in [5.74, 6) is -10.6. The first-order chi connectivity index (χ1) is 13.4. The molecular weight excluding hydrogens is 810 g/mol. The second kappa shape index (κ2) is 27.6. The molecular formula is C12H24Ho2O21. The van der Waals surface area contributed by atoms with Gasteiger partial charge in [-0.05, 0) is 0 Å². The first-order valence-electron chi connectivity index (χ1n) is 6.85. The Kier molecular flexibility index (Phi) is 43.1. The zero-order valence-corrected chi connectivity index (χ0v) is 20.3. The third-order valence-electron chi connectivity index (χ3n) is 2.42. The largest absolute Gasteiger partial charge is 0.479 e. The van der Waals surface area contributed by atoms with Crippen LogP contribution < -0.4 is 0 Å². The number of carboxylic acid groups (broad SMARTS) is 6. The summed E-state index contributed by atoms with van der Waals surface area (Å²) in [6.07, 6.45) is -13.6. The minimum absolute atomic E-state index is 0. The Labute approximate surface area is 252 Å². The normalized spacial score (nSPS) is 13.5. The summed E-state index contributed by atoms with van der Waals surface area (Å²) in [6, 6.07) is 0. The number of hydrogen-bond donors (Lipinski definition) is 12. The molecule has 35 heavy (non-hydrogen) atoms. The number of hydrogen-bond acceptors (Lipinski definition) is 12. The van der Waals surface area contributed by atoms with E-state index in [1.54, 1.807) is 0 Å². The monoisotopic (exact) mass is 834 g/mol. The first-order valence-corrected chi connectivity index (χ1v) is 6.85. The van der Waals surface area contributed by atoms with E-state index in [0.717, 1.165) is 0 Å². The Morgan fingerprint density at radius 2 is 0.371 bits per heavy atom. The van der Waals surface area contributed by atoms with Crippen molar-refractivity contribution in [2.45, 2.75) is 36.6 Å². The molecule has 220 valence electrons. The molecule has 0 fully saturated rings. The average Bonchev–Trinajstić information content (AvgIpc) is 2.64. The summed E-state index contributed by atoms with van der Waals surface area (Å²) in [7, 11) is 0. The van der Waals surface area contributed by atoms with Crippen LogP contribution in [-0.2, 0) is 28.8 Å². The van der Waals surface area contributed by atoms with E-state index >= 15 is 0 Å². The smallest absolute Gasteiger partial charge is 0.335 e. The van der Waals surface area contributed by atoms with Gasteiger partial charge in [0.1, 0.15) is 0 Å². The maximum Gasteiger partial charge on any atom is 0.335 e. The molecule has 0 aromatic carbocycles. The summed E-state index contributed by atoms with van der Waals surface area (Å²) in [4.78, 5) is 58.6. The van der Waals surface area contributed by atoms with Gasteiger partial charge in [0, 0.05) is 75.5 Å². The van der Waals surface area contributed by atoms with Crippen LogP contribution >= 0.6 is 0 Å². The summed E-state index contributed by atoms with van der Waals surface area (Å²) < 4.78 is 0. The van der Waals surface area contributed by atoms with Crippen LogP contribution in [0.1, 0.15) is 0 Å². The van der Waals surface area contributed by atoms with Gasteiger partial charge in [-0.1, -0.05) is 0 Å². The van der Waals surface area contributed by atoms with E-state index in [9.17, 15) is 28.8 Å². The van der Waals surface area contributed by atoms with E-state index in [-0.39, 0.29) is 91.9 Å². The van der Waals surface area contributed by atoms with Gasteiger partial charge in [-0.2, -0.15) is 0 Å². The fraction of sp³-hybridized carbons (Fsp3) is 0.500. The third kappa shape index (κ3) is 25.9. The fourth-order valence-electron chi connectivity index (χ4n) is 0.810. The van der Waals surface area contributed by atoms with Gasteiger partial charge in [0.15, 0.2) is 36.6 Å². The van der Waals surface area contributed by atoms with Crippen molar-refractivity contribution in [3.63, 3.8) is 0 Å². The molecule has 6 unspecified atom stereocenters. The van der Waals surface area contributed by atoms with Crippen LogP contribution in [0.2, 0.25) is 0 Å². The molecule has 6 atom stereocenters. The molecule has 0 aliphatic rings. The van der Waals surface area contributed by atoms with Crippen molar-refractivity contribution in [2.24, 2.45) is 0 Å². The molecule has 18 N–H and O–H groups in total.